The number of amides is 1. The van der Waals surface area contributed by atoms with E-state index >= 15 is 0 Å². The number of fused-ring (bicyclic) bond motifs is 2. The van der Waals surface area contributed by atoms with E-state index in [0.29, 0.717) is 6.54 Å². The van der Waals surface area contributed by atoms with Crippen molar-refractivity contribution in [2.45, 2.75) is 51.3 Å². The second-order valence-electron chi connectivity index (χ2n) is 8.03. The number of carbonyl (C=O) groups excluding carboxylic acids is 1. The first-order valence-corrected chi connectivity index (χ1v) is 11.0. The van der Waals surface area contributed by atoms with Crippen LogP contribution in [0.25, 0.3) is 10.9 Å². The fraction of sp³-hybridized carbons (Fsp3) is 0.526. The first-order chi connectivity index (χ1) is 12.8. The van der Waals surface area contributed by atoms with Gasteiger partial charge in [-0.1, -0.05) is 0 Å². The molecule has 4 rings (SSSR count). The Morgan fingerprint density at radius 1 is 1.22 bits per heavy atom. The van der Waals surface area contributed by atoms with Gasteiger partial charge >= 0.3 is 6.09 Å². The Kier molecular flexibility index (Phi) is 4.99. The van der Waals surface area contributed by atoms with E-state index in [9.17, 15) is 4.79 Å². The molecule has 2 aliphatic rings. The summed E-state index contributed by atoms with van der Waals surface area (Å²) in [5, 5.41) is 1.04. The second kappa shape index (κ2) is 7.02. The summed E-state index contributed by atoms with van der Waals surface area (Å²) in [7, 11) is 0. The van der Waals surface area contributed by atoms with E-state index in [-0.39, 0.29) is 18.2 Å². The summed E-state index contributed by atoms with van der Waals surface area (Å²) < 4.78 is 7.71. The number of benzene rings is 1. The topological polar surface area (TPSA) is 58.6 Å². The summed E-state index contributed by atoms with van der Waals surface area (Å²) in [4.78, 5) is 26.0. The maximum absolute atomic E-state index is 12.6. The quantitative estimate of drug-likeness (QED) is 0.492. The number of halogens is 2. The zero-order valence-electron chi connectivity index (χ0n) is 15.6. The van der Waals surface area contributed by atoms with Gasteiger partial charge in [0.25, 0.3) is 0 Å². The largest absolute Gasteiger partial charge is 0.444 e. The van der Waals surface area contributed by atoms with Gasteiger partial charge in [0, 0.05) is 21.1 Å². The second-order valence-corrected chi connectivity index (χ2v) is 10.0. The van der Waals surface area contributed by atoms with Gasteiger partial charge in [0.05, 0.1) is 23.0 Å². The van der Waals surface area contributed by atoms with Crippen LogP contribution in [-0.4, -0.2) is 51.7 Å². The SMILES string of the molecule is CC(C)(C)OC(=O)N1CCN(c2ncnc3c(I)ccc(Br)c23)[C@H]2CC[C@H]21. The number of hydrogen-bond acceptors (Lipinski definition) is 5. The van der Waals surface area contributed by atoms with Crippen LogP contribution < -0.4 is 4.90 Å². The van der Waals surface area contributed by atoms with Gasteiger partial charge < -0.3 is 14.5 Å². The molecule has 0 unspecified atom stereocenters. The molecule has 1 aliphatic carbocycles. The molecule has 1 saturated heterocycles. The highest BCUT2D eigenvalue weighted by molar-refractivity contribution is 14.1. The molecule has 0 N–H and O–H groups in total. The summed E-state index contributed by atoms with van der Waals surface area (Å²) in [5.41, 5.74) is 0.484. The van der Waals surface area contributed by atoms with E-state index < -0.39 is 5.60 Å². The fourth-order valence-corrected chi connectivity index (χ4v) is 4.94. The lowest BCUT2D eigenvalue weighted by atomic mass is 9.82. The standard InChI is InChI=1S/C19H22BrIN4O2/c1-19(2,3)27-18(26)25-9-8-24(13-6-7-14(13)25)17-15-11(20)4-5-12(21)16(15)22-10-23-17/h4-5,10,13-14H,6-9H2,1-3H3/t13-,14+/m0/s1. The number of ether oxygens (including phenoxy) is 1. The predicted octanol–water partition coefficient (Wildman–Crippen LogP) is 4.59. The van der Waals surface area contributed by atoms with Crippen molar-refractivity contribution in [3.8, 4) is 0 Å². The molecule has 27 heavy (non-hydrogen) atoms. The van der Waals surface area contributed by atoms with Gasteiger partial charge in [-0.25, -0.2) is 14.8 Å². The maximum Gasteiger partial charge on any atom is 0.410 e. The molecule has 8 heteroatoms. The number of piperazine rings is 1. The Labute approximate surface area is 180 Å². The summed E-state index contributed by atoms with van der Waals surface area (Å²) in [6.07, 6.45) is 3.49. The Morgan fingerprint density at radius 2 is 1.96 bits per heavy atom. The van der Waals surface area contributed by atoms with Crippen molar-refractivity contribution in [3.05, 3.63) is 26.5 Å². The highest BCUT2D eigenvalue weighted by Crippen LogP contribution is 2.40. The number of nitrogens with zero attached hydrogens (tertiary/aromatic N) is 4. The van der Waals surface area contributed by atoms with Gasteiger partial charge in [-0.2, -0.15) is 0 Å². The van der Waals surface area contributed by atoms with Crippen molar-refractivity contribution in [2.24, 2.45) is 0 Å². The van der Waals surface area contributed by atoms with Crippen LogP contribution in [0, 0.1) is 3.57 Å². The average molecular weight is 545 g/mol. The normalized spacial score (nSPS) is 22.4. The van der Waals surface area contributed by atoms with Crippen LogP contribution in [-0.2, 0) is 4.74 Å². The first kappa shape index (κ1) is 19.2. The Morgan fingerprint density at radius 3 is 2.63 bits per heavy atom. The van der Waals surface area contributed by atoms with Crippen molar-refractivity contribution in [1.29, 1.82) is 0 Å². The molecule has 144 valence electrons. The number of carbonyl (C=O) groups is 1. The van der Waals surface area contributed by atoms with Crippen molar-refractivity contribution in [1.82, 2.24) is 14.9 Å². The third-order valence-corrected chi connectivity index (χ3v) is 6.68. The van der Waals surface area contributed by atoms with Crippen LogP contribution in [0.5, 0.6) is 0 Å². The smallest absolute Gasteiger partial charge is 0.410 e. The summed E-state index contributed by atoms with van der Waals surface area (Å²) in [6, 6.07) is 4.55. The van der Waals surface area contributed by atoms with E-state index in [4.69, 9.17) is 4.74 Å². The van der Waals surface area contributed by atoms with Gasteiger partial charge in [0.1, 0.15) is 17.7 Å². The zero-order chi connectivity index (χ0) is 19.3. The molecule has 1 saturated carbocycles. The maximum atomic E-state index is 12.6. The molecule has 1 aliphatic heterocycles. The number of anilines is 1. The minimum absolute atomic E-state index is 0.181. The number of hydrogen-bond donors (Lipinski definition) is 0. The lowest BCUT2D eigenvalue weighted by molar-refractivity contribution is -0.00452. The highest BCUT2D eigenvalue weighted by atomic mass is 127. The highest BCUT2D eigenvalue weighted by Gasteiger charge is 2.46. The summed E-state index contributed by atoms with van der Waals surface area (Å²) >= 11 is 5.99. The zero-order valence-corrected chi connectivity index (χ0v) is 19.3. The molecule has 2 atom stereocenters. The third-order valence-electron chi connectivity index (χ3n) is 5.15. The molecular formula is C19H22BrIN4O2. The van der Waals surface area contributed by atoms with Gasteiger partial charge in [-0.05, 0) is 84.3 Å². The first-order valence-electron chi connectivity index (χ1n) is 9.11. The van der Waals surface area contributed by atoms with Crippen LogP contribution >= 0.6 is 38.5 Å². The van der Waals surface area contributed by atoms with Crippen LogP contribution in [0.15, 0.2) is 22.9 Å². The number of rotatable bonds is 1. The third kappa shape index (κ3) is 3.50. The summed E-state index contributed by atoms with van der Waals surface area (Å²) in [5.74, 6) is 0.948. The molecule has 2 aromatic rings. The monoisotopic (exact) mass is 544 g/mol. The number of aromatic nitrogens is 2. The summed E-state index contributed by atoms with van der Waals surface area (Å²) in [6.45, 7) is 7.11. The van der Waals surface area contributed by atoms with E-state index in [1.54, 1.807) is 6.33 Å². The predicted molar refractivity (Wildman–Crippen MR) is 117 cm³/mol. The van der Waals surface area contributed by atoms with E-state index in [1.807, 2.05) is 31.7 Å². The minimum atomic E-state index is -0.474. The molecule has 0 spiro atoms. The molecule has 0 radical (unpaired) electrons. The van der Waals surface area contributed by atoms with Gasteiger partial charge in [0.2, 0.25) is 0 Å². The molecule has 2 heterocycles. The van der Waals surface area contributed by atoms with Crippen LogP contribution in [0.2, 0.25) is 0 Å². The van der Waals surface area contributed by atoms with Crippen LogP contribution in [0.4, 0.5) is 10.6 Å². The molecule has 1 aromatic heterocycles. The van der Waals surface area contributed by atoms with Crippen LogP contribution in [0.3, 0.4) is 0 Å². The van der Waals surface area contributed by atoms with Gasteiger partial charge in [-0.15, -0.1) is 0 Å². The van der Waals surface area contributed by atoms with E-state index in [0.717, 1.165) is 44.2 Å². The molecule has 0 bridgehead atoms. The molecular weight excluding hydrogens is 523 g/mol. The van der Waals surface area contributed by atoms with E-state index in [1.165, 1.54) is 0 Å². The lowest BCUT2D eigenvalue weighted by Crippen LogP contribution is -2.66. The van der Waals surface area contributed by atoms with Crippen molar-refractivity contribution < 1.29 is 9.53 Å². The van der Waals surface area contributed by atoms with Crippen molar-refractivity contribution in [2.75, 3.05) is 18.0 Å². The van der Waals surface area contributed by atoms with Crippen molar-refractivity contribution >= 4 is 61.3 Å². The average Bonchev–Trinajstić information content (AvgIpc) is 2.56. The fourth-order valence-electron chi connectivity index (χ4n) is 3.85. The Hall–Kier alpha value is -1.16. The van der Waals surface area contributed by atoms with Gasteiger partial charge in [-0.3, -0.25) is 0 Å². The van der Waals surface area contributed by atoms with E-state index in [2.05, 4.69) is 59.5 Å². The molecule has 6 nitrogen and oxygen atoms in total. The molecule has 1 amide bonds. The molecule has 2 fully saturated rings. The Bertz CT molecular complexity index is 901. The minimum Gasteiger partial charge on any atom is -0.444 e. The Balaban J connectivity index is 1.64. The molecule has 1 aromatic carbocycles. The van der Waals surface area contributed by atoms with Crippen LogP contribution in [0.1, 0.15) is 33.6 Å². The van der Waals surface area contributed by atoms with Gasteiger partial charge in [0.15, 0.2) is 0 Å². The lowest BCUT2D eigenvalue weighted by Gasteiger charge is -2.54. The van der Waals surface area contributed by atoms with Crippen molar-refractivity contribution in [3.63, 3.8) is 0 Å².